The van der Waals surface area contributed by atoms with Gasteiger partial charge in [0.2, 0.25) is 0 Å². The minimum absolute atomic E-state index is 0. The van der Waals surface area contributed by atoms with Crippen LogP contribution in [0.4, 0.5) is 4.39 Å². The molecule has 2 aromatic rings. The van der Waals surface area contributed by atoms with Crippen molar-refractivity contribution in [2.75, 3.05) is 13.2 Å². The Morgan fingerprint density at radius 2 is 2.13 bits per heavy atom. The molecule has 0 unspecified atom stereocenters. The van der Waals surface area contributed by atoms with Crippen LogP contribution in [0.2, 0.25) is 0 Å². The summed E-state index contributed by atoms with van der Waals surface area (Å²) in [4.78, 5) is 4.77. The Morgan fingerprint density at radius 1 is 1.35 bits per heavy atom. The van der Waals surface area contributed by atoms with Gasteiger partial charge in [0, 0.05) is 18.5 Å². The van der Waals surface area contributed by atoms with Crippen molar-refractivity contribution >= 4 is 34.0 Å². The van der Waals surface area contributed by atoms with E-state index >= 15 is 0 Å². The summed E-state index contributed by atoms with van der Waals surface area (Å²) < 4.78 is 19.9. The third kappa shape index (κ3) is 4.66. The zero-order valence-electron chi connectivity index (χ0n) is 13.0. The summed E-state index contributed by atoms with van der Waals surface area (Å²) >= 11 is 1.78. The fourth-order valence-electron chi connectivity index (χ4n) is 2.88. The first-order valence-corrected chi connectivity index (χ1v) is 8.66. The molecule has 1 fully saturated rings. The number of thiazole rings is 1. The Labute approximate surface area is 146 Å². The maximum Gasteiger partial charge on any atom is 0.139 e. The Morgan fingerprint density at radius 3 is 2.87 bits per heavy atom. The van der Waals surface area contributed by atoms with E-state index in [0.29, 0.717) is 11.7 Å². The van der Waals surface area contributed by atoms with Crippen LogP contribution >= 0.6 is 23.7 Å². The van der Waals surface area contributed by atoms with Gasteiger partial charge >= 0.3 is 0 Å². The van der Waals surface area contributed by atoms with Gasteiger partial charge in [0.1, 0.15) is 18.2 Å². The van der Waals surface area contributed by atoms with Crippen LogP contribution in [0.3, 0.4) is 0 Å². The largest absolute Gasteiger partial charge is 0.486 e. The number of nitrogens with two attached hydrogens (primary N) is 1. The first-order valence-electron chi connectivity index (χ1n) is 7.84. The van der Waals surface area contributed by atoms with Gasteiger partial charge in [-0.2, -0.15) is 0 Å². The Bertz CT molecular complexity index is 668. The van der Waals surface area contributed by atoms with Gasteiger partial charge < -0.3 is 10.5 Å². The zero-order chi connectivity index (χ0) is 15.4. The Hall–Kier alpha value is -1.17. The second kappa shape index (κ2) is 8.62. The first-order chi connectivity index (χ1) is 10.8. The van der Waals surface area contributed by atoms with E-state index in [4.69, 9.17) is 15.5 Å². The van der Waals surface area contributed by atoms with Gasteiger partial charge in [0.25, 0.3) is 0 Å². The third-order valence-electron chi connectivity index (χ3n) is 4.05. The van der Waals surface area contributed by atoms with Crippen LogP contribution in [0.5, 0.6) is 5.75 Å². The molecule has 3 nitrogen and oxygen atoms in total. The number of aromatic nitrogens is 1. The maximum atomic E-state index is 13.3. The minimum atomic E-state index is -0.344. The highest BCUT2D eigenvalue weighted by Crippen LogP contribution is 2.37. The molecule has 1 aliphatic rings. The predicted molar refractivity (Wildman–Crippen MR) is 96.4 cm³/mol. The van der Waals surface area contributed by atoms with Crippen molar-refractivity contribution in [1.29, 1.82) is 0 Å². The summed E-state index contributed by atoms with van der Waals surface area (Å²) in [6.45, 7) is 0.105. The minimum Gasteiger partial charge on any atom is -0.486 e. The van der Waals surface area contributed by atoms with Crippen molar-refractivity contribution < 1.29 is 9.13 Å². The molecule has 6 heteroatoms. The molecular weight excluding hydrogens is 335 g/mol. The molecule has 0 aliphatic heterocycles. The van der Waals surface area contributed by atoms with E-state index in [1.807, 2.05) is 18.2 Å². The highest BCUT2D eigenvalue weighted by molar-refractivity contribution is 7.18. The van der Waals surface area contributed by atoms with Gasteiger partial charge in [-0.3, -0.25) is 0 Å². The van der Waals surface area contributed by atoms with Gasteiger partial charge in [-0.05, 0) is 31.1 Å². The summed E-state index contributed by atoms with van der Waals surface area (Å²) in [5, 5.41) is 1.24. The number of nitrogens with zero attached hydrogens (tertiary/aromatic N) is 1. The number of hydrogen-bond acceptors (Lipinski definition) is 4. The first kappa shape index (κ1) is 18.2. The van der Waals surface area contributed by atoms with E-state index in [1.54, 1.807) is 11.3 Å². The molecule has 23 heavy (non-hydrogen) atoms. The van der Waals surface area contributed by atoms with Crippen LogP contribution in [0.1, 0.15) is 43.0 Å². The lowest BCUT2D eigenvalue weighted by molar-refractivity contribution is 0.318. The molecule has 1 aliphatic carbocycles. The highest BCUT2D eigenvalue weighted by Gasteiger charge is 2.19. The molecule has 0 bridgehead atoms. The molecule has 1 aromatic carbocycles. The molecule has 0 radical (unpaired) electrons. The lowest BCUT2D eigenvalue weighted by Crippen LogP contribution is -2.03. The second-order valence-corrected chi connectivity index (χ2v) is 6.75. The summed E-state index contributed by atoms with van der Waals surface area (Å²) in [6, 6.07) is 5.79. The topological polar surface area (TPSA) is 48.1 Å². The zero-order valence-corrected chi connectivity index (χ0v) is 14.6. The van der Waals surface area contributed by atoms with E-state index in [0.717, 1.165) is 5.52 Å². The van der Waals surface area contributed by atoms with E-state index in [-0.39, 0.29) is 31.4 Å². The quantitative estimate of drug-likeness (QED) is 0.823. The maximum absolute atomic E-state index is 13.3. The van der Waals surface area contributed by atoms with E-state index in [9.17, 15) is 4.39 Å². The molecule has 0 saturated heterocycles. The van der Waals surface area contributed by atoms with Crippen molar-refractivity contribution in [3.8, 4) is 5.75 Å². The van der Waals surface area contributed by atoms with Crippen molar-refractivity contribution in [2.45, 2.75) is 38.0 Å². The number of fused-ring (bicyclic) bond motifs is 1. The number of halogens is 2. The Kier molecular flexibility index (Phi) is 6.81. The fraction of sp³-hybridized carbons (Fsp3) is 0.471. The number of rotatable bonds is 5. The van der Waals surface area contributed by atoms with Gasteiger partial charge in [0.15, 0.2) is 0 Å². The molecule has 126 valence electrons. The fourth-order valence-corrected chi connectivity index (χ4v) is 3.99. The molecular formula is C17H22ClFN2OS. The molecule has 0 atom stereocenters. The number of benzene rings is 1. The summed E-state index contributed by atoms with van der Waals surface area (Å²) in [7, 11) is 0. The normalized spacial score (nSPS) is 16.3. The average molecular weight is 357 g/mol. The van der Waals surface area contributed by atoms with Crippen LogP contribution in [0, 0.1) is 0 Å². The van der Waals surface area contributed by atoms with Crippen LogP contribution in [-0.4, -0.2) is 18.1 Å². The van der Waals surface area contributed by atoms with Crippen LogP contribution < -0.4 is 10.5 Å². The van der Waals surface area contributed by atoms with Gasteiger partial charge in [-0.15, -0.1) is 23.7 Å². The van der Waals surface area contributed by atoms with E-state index in [2.05, 4.69) is 0 Å². The van der Waals surface area contributed by atoms with Crippen LogP contribution in [0.25, 0.3) is 10.2 Å². The lowest BCUT2D eigenvalue weighted by Gasteiger charge is -2.18. The smallest absolute Gasteiger partial charge is 0.139 e. The predicted octanol–water partition coefficient (Wildman–Crippen LogP) is 4.96. The average Bonchev–Trinajstić information content (AvgIpc) is 2.97. The van der Waals surface area contributed by atoms with Gasteiger partial charge in [-0.1, -0.05) is 19.3 Å². The van der Waals surface area contributed by atoms with Gasteiger partial charge in [-0.25, -0.2) is 9.37 Å². The van der Waals surface area contributed by atoms with Crippen molar-refractivity contribution in [1.82, 2.24) is 4.98 Å². The molecule has 1 saturated carbocycles. The molecule has 3 rings (SSSR count). The number of ether oxygens (including phenoxy) is 1. The summed E-state index contributed by atoms with van der Waals surface area (Å²) in [5.74, 6) is 0.915. The van der Waals surface area contributed by atoms with Crippen molar-refractivity contribution in [3.05, 3.63) is 35.1 Å². The van der Waals surface area contributed by atoms with E-state index < -0.39 is 0 Å². The van der Waals surface area contributed by atoms with E-state index in [1.165, 1.54) is 47.9 Å². The van der Waals surface area contributed by atoms with Crippen molar-refractivity contribution in [3.63, 3.8) is 0 Å². The molecule has 1 heterocycles. The highest BCUT2D eigenvalue weighted by atomic mass is 35.5. The standard InChI is InChI=1S/C17H21FN2OS.ClH/c18-13(8-9-19)11-21-14-6-7-16-15(10-14)20-17(22-16)12-4-2-1-3-5-12;/h6-8,10,12H,1-5,9,11,19H2;1H/b13-8+;. The molecule has 0 amide bonds. The monoisotopic (exact) mass is 356 g/mol. The SMILES string of the molecule is Cl.NC/C=C(/F)COc1ccc2sc(C3CCCCC3)nc2c1. The van der Waals surface area contributed by atoms with Crippen LogP contribution in [0.15, 0.2) is 30.1 Å². The lowest BCUT2D eigenvalue weighted by atomic mass is 9.90. The Balaban J connectivity index is 0.00000192. The summed E-state index contributed by atoms with van der Waals surface area (Å²) in [5.41, 5.74) is 6.22. The van der Waals surface area contributed by atoms with Crippen LogP contribution in [-0.2, 0) is 0 Å². The third-order valence-corrected chi connectivity index (χ3v) is 5.24. The van der Waals surface area contributed by atoms with Crippen molar-refractivity contribution in [2.24, 2.45) is 5.73 Å². The molecule has 0 spiro atoms. The molecule has 2 N–H and O–H groups in total. The second-order valence-electron chi connectivity index (χ2n) is 5.69. The molecule has 1 aromatic heterocycles. The summed E-state index contributed by atoms with van der Waals surface area (Å²) in [6.07, 6.45) is 7.78. The van der Waals surface area contributed by atoms with Gasteiger partial charge in [0.05, 0.1) is 15.2 Å². The number of hydrogen-bond donors (Lipinski definition) is 1.